The van der Waals surface area contributed by atoms with Crippen LogP contribution in [0, 0.1) is 10.1 Å². The van der Waals surface area contributed by atoms with Gasteiger partial charge in [0.05, 0.1) is 16.3 Å². The topological polar surface area (TPSA) is 204 Å². The molecule has 1 fully saturated rings. The summed E-state index contributed by atoms with van der Waals surface area (Å²) in [5, 5.41) is 13.1. The number of nitro groups is 1. The van der Waals surface area contributed by atoms with Crippen LogP contribution in [0.5, 0.6) is 0 Å². The van der Waals surface area contributed by atoms with Crippen molar-refractivity contribution in [2.45, 2.75) is 64.8 Å². The highest BCUT2D eigenvalue weighted by Crippen LogP contribution is 2.31. The van der Waals surface area contributed by atoms with Gasteiger partial charge in [-0.05, 0) is 19.1 Å². The summed E-state index contributed by atoms with van der Waals surface area (Å²) in [6.07, 6.45) is -4.67. The number of hydrogen-bond donors (Lipinski definition) is 1. The first-order valence-electron chi connectivity index (χ1n) is 11.8. The summed E-state index contributed by atoms with van der Waals surface area (Å²) in [7, 11) is 0. The van der Waals surface area contributed by atoms with Crippen LogP contribution in [0.1, 0.15) is 38.7 Å². The molecule has 1 saturated heterocycles. The Morgan fingerprint density at radius 3 is 2.30 bits per heavy atom. The molecule has 1 amide bonds. The van der Waals surface area contributed by atoms with Crippen LogP contribution in [0.15, 0.2) is 29.2 Å². The third-order valence-electron chi connectivity index (χ3n) is 5.42. The number of rotatable bonds is 10. The molecule has 1 aliphatic heterocycles. The van der Waals surface area contributed by atoms with Gasteiger partial charge in [-0.3, -0.25) is 34.4 Å². The van der Waals surface area contributed by atoms with Crippen molar-refractivity contribution in [2.75, 3.05) is 11.9 Å². The Morgan fingerprint density at radius 2 is 1.75 bits per heavy atom. The molecule has 0 aliphatic carbocycles. The number of hydrogen-bond acceptors (Lipinski definition) is 14. The Bertz CT molecular complexity index is 1340. The van der Waals surface area contributed by atoms with Gasteiger partial charge in [0.25, 0.3) is 0 Å². The fourth-order valence-electron chi connectivity index (χ4n) is 3.80. The molecule has 17 heteroatoms. The zero-order valence-corrected chi connectivity index (χ0v) is 22.6. The van der Waals surface area contributed by atoms with Gasteiger partial charge in [-0.1, -0.05) is 11.3 Å². The number of carbonyl (C=O) groups excluding carboxylic acids is 4. The van der Waals surface area contributed by atoms with E-state index in [0.29, 0.717) is 4.88 Å². The summed E-state index contributed by atoms with van der Waals surface area (Å²) in [5.41, 5.74) is -0.808. The van der Waals surface area contributed by atoms with E-state index in [2.05, 4.69) is 10.3 Å². The van der Waals surface area contributed by atoms with Gasteiger partial charge in [0, 0.05) is 33.0 Å². The first kappa shape index (κ1) is 30.2. The molecule has 40 heavy (non-hydrogen) atoms. The molecule has 0 saturated carbocycles. The predicted octanol–water partition coefficient (Wildman–Crippen LogP) is 1.72. The minimum absolute atomic E-state index is 0.102. The largest absolute Gasteiger partial charge is 0.463 e. The van der Waals surface area contributed by atoms with Crippen molar-refractivity contribution in [3.63, 3.8) is 0 Å². The average Bonchev–Trinajstić information content (AvgIpc) is 3.45. The monoisotopic (exact) mass is 582 g/mol. The minimum Gasteiger partial charge on any atom is -0.463 e. The first-order chi connectivity index (χ1) is 18.8. The van der Waals surface area contributed by atoms with Crippen LogP contribution < -0.4 is 11.0 Å². The second-order valence-corrected chi connectivity index (χ2v) is 9.61. The first-order valence-corrected chi connectivity index (χ1v) is 12.6. The Balaban J connectivity index is 1.70. The molecule has 1 aliphatic rings. The summed E-state index contributed by atoms with van der Waals surface area (Å²) in [5.74, 6) is -2.12. The third kappa shape index (κ3) is 8.06. The number of aromatic nitrogens is 2. The van der Waals surface area contributed by atoms with Gasteiger partial charge in [0.2, 0.25) is 0 Å². The van der Waals surface area contributed by atoms with E-state index in [1.165, 1.54) is 38.2 Å². The summed E-state index contributed by atoms with van der Waals surface area (Å²) in [6.45, 7) is 4.52. The van der Waals surface area contributed by atoms with Crippen molar-refractivity contribution in [1.29, 1.82) is 0 Å². The smallest absolute Gasteiger partial charge is 0.413 e. The molecule has 2 aromatic rings. The summed E-state index contributed by atoms with van der Waals surface area (Å²) >= 11 is 0.860. The average molecular weight is 583 g/mol. The molecular formula is C23H26N4O12S. The number of anilines is 1. The molecule has 0 bridgehead atoms. The third-order valence-corrected chi connectivity index (χ3v) is 6.62. The van der Waals surface area contributed by atoms with E-state index in [9.17, 15) is 34.1 Å². The lowest BCUT2D eigenvalue weighted by Crippen LogP contribution is -2.42. The van der Waals surface area contributed by atoms with Crippen molar-refractivity contribution in [3.8, 4) is 0 Å². The summed E-state index contributed by atoms with van der Waals surface area (Å²) < 4.78 is 27.7. The Hall–Kier alpha value is -4.38. The van der Waals surface area contributed by atoms with E-state index < -0.39 is 65.1 Å². The number of amides is 1. The Kier molecular flexibility index (Phi) is 9.89. The fourth-order valence-corrected chi connectivity index (χ4v) is 4.60. The van der Waals surface area contributed by atoms with E-state index in [1.807, 2.05) is 0 Å². The van der Waals surface area contributed by atoms with Crippen LogP contribution in [0.2, 0.25) is 0 Å². The molecule has 2 aromatic heterocycles. The zero-order chi connectivity index (χ0) is 29.6. The van der Waals surface area contributed by atoms with E-state index in [-0.39, 0.29) is 24.0 Å². The highest BCUT2D eigenvalue weighted by Gasteiger charge is 2.49. The number of ether oxygens (including phenoxy) is 5. The molecule has 3 heterocycles. The minimum atomic E-state index is -1.13. The number of nitrogens with zero attached hydrogens (tertiary/aromatic N) is 3. The fraction of sp³-hybridized carbons (Fsp3) is 0.478. The SMILES string of the molecule is CC(=O)OC[C@H]1O[C@@H](Cn2ccc(NC(=O)OC(C)c3ccc([N+](=O)[O-])s3)nc2=O)[C@@H](OC(C)=O)[C@@H]1OC(C)=O. The predicted molar refractivity (Wildman–Crippen MR) is 134 cm³/mol. The van der Waals surface area contributed by atoms with Gasteiger partial charge in [-0.25, -0.2) is 9.59 Å². The van der Waals surface area contributed by atoms with Gasteiger partial charge >= 0.3 is 34.7 Å². The van der Waals surface area contributed by atoms with Crippen LogP contribution in [-0.4, -0.2) is 69.5 Å². The molecule has 1 N–H and O–H groups in total. The lowest BCUT2D eigenvalue weighted by Gasteiger charge is -2.23. The van der Waals surface area contributed by atoms with Gasteiger partial charge < -0.3 is 23.7 Å². The summed E-state index contributed by atoms with van der Waals surface area (Å²) in [6, 6.07) is 4.07. The van der Waals surface area contributed by atoms with Crippen molar-refractivity contribution in [3.05, 3.63) is 49.9 Å². The Morgan fingerprint density at radius 1 is 1.10 bits per heavy atom. The van der Waals surface area contributed by atoms with E-state index >= 15 is 0 Å². The maximum Gasteiger partial charge on any atom is 0.413 e. The van der Waals surface area contributed by atoms with Gasteiger partial charge in [0.1, 0.15) is 30.7 Å². The lowest BCUT2D eigenvalue weighted by molar-refractivity contribution is -0.380. The zero-order valence-electron chi connectivity index (χ0n) is 21.8. The quantitative estimate of drug-likeness (QED) is 0.184. The van der Waals surface area contributed by atoms with Gasteiger partial charge in [0.15, 0.2) is 12.2 Å². The molecule has 216 valence electrons. The summed E-state index contributed by atoms with van der Waals surface area (Å²) in [4.78, 5) is 74.2. The molecule has 0 spiro atoms. The standard InChI is InChI=1S/C23H26N4O12S/c1-11(17-5-6-19(40-17)27(33)34)36-23(32)25-18-7-8-26(22(31)24-18)9-15-20(37-13(3)29)21(38-14(4)30)16(39-15)10-35-12(2)28/h5-8,11,15-16,20-21H,9-10H2,1-4H3,(H,24,25,31,32)/t11?,15-,16+,20+,21+/m0/s1. The van der Waals surface area contributed by atoms with Crippen LogP contribution in [0.25, 0.3) is 0 Å². The Labute approximate surface area is 230 Å². The molecule has 16 nitrogen and oxygen atoms in total. The second-order valence-electron chi connectivity index (χ2n) is 8.52. The molecule has 5 atom stereocenters. The highest BCUT2D eigenvalue weighted by molar-refractivity contribution is 7.15. The van der Waals surface area contributed by atoms with Gasteiger partial charge in [-0.2, -0.15) is 4.98 Å². The molecular weight excluding hydrogens is 556 g/mol. The molecule has 0 aromatic carbocycles. The lowest BCUT2D eigenvalue weighted by atomic mass is 10.1. The van der Waals surface area contributed by atoms with Crippen LogP contribution in [0.4, 0.5) is 15.6 Å². The van der Waals surface area contributed by atoms with Gasteiger partial charge in [-0.15, -0.1) is 0 Å². The second kappa shape index (κ2) is 13.1. The molecule has 1 unspecified atom stereocenters. The number of nitrogens with one attached hydrogen (secondary N) is 1. The van der Waals surface area contributed by atoms with Crippen LogP contribution in [-0.2, 0) is 44.6 Å². The normalized spacial score (nSPS) is 20.7. The number of thiophene rings is 1. The van der Waals surface area contributed by atoms with E-state index in [1.54, 1.807) is 0 Å². The molecule has 0 radical (unpaired) electrons. The van der Waals surface area contributed by atoms with Crippen LogP contribution >= 0.6 is 11.3 Å². The van der Waals surface area contributed by atoms with Crippen molar-refractivity contribution in [1.82, 2.24) is 9.55 Å². The number of esters is 3. The highest BCUT2D eigenvalue weighted by atomic mass is 32.1. The maximum absolute atomic E-state index is 12.7. The van der Waals surface area contributed by atoms with Crippen molar-refractivity contribution >= 4 is 46.2 Å². The number of carbonyl (C=O) groups is 4. The van der Waals surface area contributed by atoms with E-state index in [4.69, 9.17) is 23.7 Å². The van der Waals surface area contributed by atoms with E-state index in [0.717, 1.165) is 29.8 Å². The van der Waals surface area contributed by atoms with Crippen LogP contribution in [0.3, 0.4) is 0 Å². The van der Waals surface area contributed by atoms with Crippen molar-refractivity contribution < 1.29 is 47.8 Å². The molecule has 3 rings (SSSR count). The maximum atomic E-state index is 12.7. The van der Waals surface area contributed by atoms with Crippen molar-refractivity contribution in [2.24, 2.45) is 0 Å².